The highest BCUT2D eigenvalue weighted by Gasteiger charge is 2.27. The molecule has 4 aromatic rings. The summed E-state index contributed by atoms with van der Waals surface area (Å²) in [6, 6.07) is 14.1. The number of nitrogens with one attached hydrogen (secondary N) is 1. The molecule has 1 amide bonds. The van der Waals surface area contributed by atoms with Crippen LogP contribution in [0.5, 0.6) is 0 Å². The van der Waals surface area contributed by atoms with Crippen molar-refractivity contribution in [2.45, 2.75) is 18.9 Å². The highest BCUT2D eigenvalue weighted by Crippen LogP contribution is 2.19. The molecule has 3 heterocycles. The Morgan fingerprint density at radius 3 is 2.75 bits per heavy atom. The van der Waals surface area contributed by atoms with E-state index in [2.05, 4.69) is 27.2 Å². The molecule has 0 aliphatic heterocycles. The van der Waals surface area contributed by atoms with E-state index in [1.165, 1.54) is 17.1 Å². The molecule has 2 N–H and O–H groups in total. The van der Waals surface area contributed by atoms with Crippen LogP contribution in [-0.2, 0) is 0 Å². The molecule has 0 atom stereocenters. The number of benzene rings is 1. The number of hydrogen-bond acceptors (Lipinski definition) is 5. The molecule has 8 nitrogen and oxygen atoms in total. The van der Waals surface area contributed by atoms with Gasteiger partial charge in [0, 0.05) is 28.6 Å². The molecule has 8 heteroatoms. The fourth-order valence-electron chi connectivity index (χ4n) is 3.27. The fraction of sp³-hybridized carbons (Fsp3) is 0.125. The van der Waals surface area contributed by atoms with Crippen LogP contribution in [-0.4, -0.2) is 31.9 Å². The molecule has 5 rings (SSSR count). The van der Waals surface area contributed by atoms with Crippen LogP contribution >= 0.6 is 0 Å². The van der Waals surface area contributed by atoms with Crippen molar-refractivity contribution < 1.29 is 14.7 Å². The van der Waals surface area contributed by atoms with Crippen molar-refractivity contribution in [3.05, 3.63) is 94.2 Å². The van der Waals surface area contributed by atoms with E-state index in [0.29, 0.717) is 27.8 Å². The smallest absolute Gasteiger partial charge is 0.276 e. The van der Waals surface area contributed by atoms with Gasteiger partial charge in [-0.05, 0) is 49.2 Å². The van der Waals surface area contributed by atoms with Crippen LogP contribution in [0.3, 0.4) is 0 Å². The predicted molar refractivity (Wildman–Crippen MR) is 115 cm³/mol. The molecule has 1 saturated carbocycles. The summed E-state index contributed by atoms with van der Waals surface area (Å²) in [5, 5.41) is 17.0. The van der Waals surface area contributed by atoms with Gasteiger partial charge in [0.2, 0.25) is 17.8 Å². The maximum absolute atomic E-state index is 12.9. The molecular weight excluding hydrogens is 406 g/mol. The van der Waals surface area contributed by atoms with E-state index in [1.54, 1.807) is 36.5 Å². The lowest BCUT2D eigenvalue weighted by atomic mass is 10.1. The Hall–Kier alpha value is -4.51. The number of hydrogen-bond donors (Lipinski definition) is 2. The molecule has 0 unspecified atom stereocenters. The minimum atomic E-state index is -0.477. The van der Waals surface area contributed by atoms with Gasteiger partial charge >= 0.3 is 0 Å². The van der Waals surface area contributed by atoms with Gasteiger partial charge in [-0.1, -0.05) is 17.9 Å². The molecule has 32 heavy (non-hydrogen) atoms. The normalized spacial score (nSPS) is 12.8. The molecule has 1 aromatic carbocycles. The van der Waals surface area contributed by atoms with Crippen LogP contribution in [0, 0.1) is 11.8 Å². The van der Waals surface area contributed by atoms with Gasteiger partial charge in [-0.2, -0.15) is 5.10 Å². The number of carbonyl (C=O) groups excluding carboxylic acids is 1. The van der Waals surface area contributed by atoms with Crippen molar-refractivity contribution in [1.29, 1.82) is 0 Å². The summed E-state index contributed by atoms with van der Waals surface area (Å²) in [5.41, 5.74) is 1.71. The number of amides is 1. The summed E-state index contributed by atoms with van der Waals surface area (Å²) >= 11 is 0. The molecular formula is C24H18N5O3+. The number of pyridine rings is 2. The number of rotatable bonds is 3. The average Bonchev–Trinajstić information content (AvgIpc) is 3.62. The third-order valence-electron chi connectivity index (χ3n) is 5.00. The van der Waals surface area contributed by atoms with E-state index < -0.39 is 11.3 Å². The van der Waals surface area contributed by atoms with Gasteiger partial charge < -0.3 is 5.32 Å². The average molecular weight is 424 g/mol. The maximum Gasteiger partial charge on any atom is 0.276 e. The number of carbonyl (C=O) groups is 1. The van der Waals surface area contributed by atoms with E-state index in [-0.39, 0.29) is 11.7 Å². The van der Waals surface area contributed by atoms with Gasteiger partial charge in [-0.15, -0.1) is 0 Å². The Morgan fingerprint density at radius 2 is 1.94 bits per heavy atom. The van der Waals surface area contributed by atoms with Gasteiger partial charge in [0.15, 0.2) is 11.3 Å². The first-order valence-corrected chi connectivity index (χ1v) is 10.1. The number of fused-ring (bicyclic) bond motifs is 1. The Morgan fingerprint density at radius 1 is 1.12 bits per heavy atom. The minimum absolute atomic E-state index is 0.107. The first kappa shape index (κ1) is 19.5. The highest BCUT2D eigenvalue weighted by atomic mass is 16.5. The van der Waals surface area contributed by atoms with Crippen LogP contribution < -0.4 is 15.5 Å². The number of nitrogens with zero attached hydrogens (tertiary/aromatic N) is 4. The molecule has 3 aromatic heterocycles. The molecule has 0 spiro atoms. The molecule has 1 aliphatic rings. The molecule has 0 radical (unpaired) electrons. The lowest BCUT2D eigenvalue weighted by molar-refractivity contribution is -0.904. The second-order valence-electron chi connectivity index (χ2n) is 7.48. The van der Waals surface area contributed by atoms with Crippen molar-refractivity contribution in [2.24, 2.45) is 0 Å². The van der Waals surface area contributed by atoms with Crippen molar-refractivity contribution in [2.75, 3.05) is 0 Å². The second kappa shape index (κ2) is 7.96. The third-order valence-corrected chi connectivity index (χ3v) is 5.00. The van der Waals surface area contributed by atoms with Crippen molar-refractivity contribution >= 4 is 16.9 Å². The maximum atomic E-state index is 12.9. The summed E-state index contributed by atoms with van der Waals surface area (Å²) in [5.74, 6) is 5.57. The molecule has 1 aliphatic carbocycles. The Labute approximate surface area is 182 Å². The van der Waals surface area contributed by atoms with Gasteiger partial charge in [0.1, 0.15) is 0 Å². The fourth-order valence-corrected chi connectivity index (χ4v) is 3.27. The van der Waals surface area contributed by atoms with E-state index in [9.17, 15) is 14.8 Å². The predicted octanol–water partition coefficient (Wildman–Crippen LogP) is 1.60. The summed E-state index contributed by atoms with van der Waals surface area (Å²) in [6.07, 6.45) is 6.40. The van der Waals surface area contributed by atoms with Crippen LogP contribution in [0.15, 0.2) is 71.9 Å². The Bertz CT molecular complexity index is 1480. The molecule has 1 fully saturated rings. The van der Waals surface area contributed by atoms with Gasteiger partial charge in [-0.3, -0.25) is 14.8 Å². The zero-order valence-corrected chi connectivity index (χ0v) is 16.9. The van der Waals surface area contributed by atoms with Crippen LogP contribution in [0.1, 0.15) is 34.5 Å². The van der Waals surface area contributed by atoms with E-state index in [1.807, 2.05) is 18.2 Å². The van der Waals surface area contributed by atoms with E-state index in [4.69, 9.17) is 0 Å². The Kier molecular flexibility index (Phi) is 4.84. The standard InChI is InChI=1S/C24H17N5O3/c30-22-20-7-2-12-25-23(20)29(27-21(22)24(31)26-18-10-11-18)19-6-1-4-16(14-19)8-9-17-5-3-13-28(32)15-17/h1-7,12-15,18H,10-11H2,(H-,26,31,32)/p+1. The zero-order valence-electron chi connectivity index (χ0n) is 16.9. The van der Waals surface area contributed by atoms with E-state index >= 15 is 0 Å². The number of aromatic nitrogens is 4. The van der Waals surface area contributed by atoms with Crippen LogP contribution in [0.2, 0.25) is 0 Å². The topological polar surface area (TPSA) is 101 Å². The van der Waals surface area contributed by atoms with Gasteiger partial charge in [0.25, 0.3) is 5.91 Å². The molecule has 0 bridgehead atoms. The minimum Gasteiger partial charge on any atom is -0.348 e. The quantitative estimate of drug-likeness (QED) is 0.296. The van der Waals surface area contributed by atoms with Gasteiger partial charge in [0.05, 0.1) is 16.6 Å². The first-order valence-electron chi connectivity index (χ1n) is 10.1. The molecule has 0 saturated heterocycles. The monoisotopic (exact) mass is 424 g/mol. The van der Waals surface area contributed by atoms with Crippen LogP contribution in [0.25, 0.3) is 16.7 Å². The largest absolute Gasteiger partial charge is 0.348 e. The summed E-state index contributed by atoms with van der Waals surface area (Å²) in [4.78, 5) is 29.9. The van der Waals surface area contributed by atoms with Crippen molar-refractivity contribution in [3.8, 4) is 17.5 Å². The van der Waals surface area contributed by atoms with Gasteiger partial charge in [-0.25, -0.2) is 9.67 Å². The van der Waals surface area contributed by atoms with Crippen molar-refractivity contribution in [3.63, 3.8) is 0 Å². The van der Waals surface area contributed by atoms with Crippen LogP contribution in [0.4, 0.5) is 0 Å². The summed E-state index contributed by atoms with van der Waals surface area (Å²) in [7, 11) is 0. The van der Waals surface area contributed by atoms with E-state index in [0.717, 1.165) is 17.6 Å². The second-order valence-corrected chi connectivity index (χ2v) is 7.48. The lowest BCUT2D eigenvalue weighted by Crippen LogP contribution is -2.33. The first-order chi connectivity index (χ1) is 15.6. The third kappa shape index (κ3) is 3.91. The van der Waals surface area contributed by atoms with Crippen molar-refractivity contribution in [1.82, 2.24) is 20.1 Å². The summed E-state index contributed by atoms with van der Waals surface area (Å²) in [6.45, 7) is 0. The molecule has 156 valence electrons. The Balaban J connectivity index is 1.60. The lowest BCUT2D eigenvalue weighted by Gasteiger charge is -2.11. The SMILES string of the molecule is O=C(NC1CC1)c1nn(-c2cccc(C#Cc3ccc[n+](O)c3)c2)c2ncccc2c1=O. The highest BCUT2D eigenvalue weighted by molar-refractivity contribution is 5.95. The summed E-state index contributed by atoms with van der Waals surface area (Å²) < 4.78 is 2.44. The zero-order chi connectivity index (χ0) is 22.1.